The Kier molecular flexibility index (Phi) is 9.02. The van der Waals surface area contributed by atoms with Gasteiger partial charge in [-0.3, -0.25) is 4.57 Å². The summed E-state index contributed by atoms with van der Waals surface area (Å²) in [5, 5.41) is 5.21. The van der Waals surface area contributed by atoms with E-state index in [0.29, 0.717) is 0 Å². The molecule has 17 heavy (non-hydrogen) atoms. The minimum atomic E-state index is -3.27. The van der Waals surface area contributed by atoms with E-state index in [2.05, 4.69) is 10.2 Å². The van der Waals surface area contributed by atoms with Crippen LogP contribution < -0.4 is 10.2 Å². The quantitative estimate of drug-likeness (QED) is 0.456. The van der Waals surface area contributed by atoms with Crippen molar-refractivity contribution in [2.75, 3.05) is 43.5 Å². The van der Waals surface area contributed by atoms with Crippen molar-refractivity contribution >= 4 is 40.7 Å². The van der Waals surface area contributed by atoms with Crippen LogP contribution in [0.3, 0.4) is 0 Å². The molecule has 0 amide bonds. The predicted molar refractivity (Wildman–Crippen MR) is 70.7 cm³/mol. The van der Waals surface area contributed by atoms with Gasteiger partial charge in [-0.25, -0.2) is 18.6 Å². The molecule has 0 aromatic carbocycles. The van der Waals surface area contributed by atoms with Gasteiger partial charge in [0.1, 0.15) is 9.84 Å². The molecule has 10 heteroatoms. The first-order chi connectivity index (χ1) is 7.83. The van der Waals surface area contributed by atoms with E-state index in [1.54, 1.807) is 0 Å². The van der Waals surface area contributed by atoms with Gasteiger partial charge in [0.05, 0.1) is 12.4 Å². The Hall–Kier alpha value is 0.640. The Balaban J connectivity index is 4.22. The minimum absolute atomic E-state index is 0.152. The van der Waals surface area contributed by atoms with Crippen LogP contribution in [0.25, 0.3) is 0 Å². The van der Waals surface area contributed by atoms with E-state index in [1.165, 1.54) is 0 Å². The number of halogens is 2. The second-order valence-corrected chi connectivity index (χ2v) is 8.22. The molecule has 0 spiro atoms. The zero-order chi connectivity index (χ0) is 13.4. The van der Waals surface area contributed by atoms with Gasteiger partial charge in [-0.1, -0.05) is 0 Å². The zero-order valence-electron chi connectivity index (χ0n) is 9.49. The summed E-state index contributed by atoms with van der Waals surface area (Å²) in [6.07, 6.45) is 1.08. The lowest BCUT2D eigenvalue weighted by molar-refractivity contribution is 0.318. The molecule has 0 radical (unpaired) electrons. The Morgan fingerprint density at radius 1 is 1.18 bits per heavy atom. The van der Waals surface area contributed by atoms with Crippen LogP contribution in [0.2, 0.25) is 0 Å². The summed E-state index contributed by atoms with van der Waals surface area (Å²) in [7, 11) is -6.41. The van der Waals surface area contributed by atoms with Crippen molar-refractivity contribution < 1.29 is 17.5 Å². The maximum Gasteiger partial charge on any atom is 0.340 e. The summed E-state index contributed by atoms with van der Waals surface area (Å²) < 4.78 is 38.9. The molecule has 0 saturated heterocycles. The molecular formula is C7H17Cl2N2O4PS. The Labute approximate surface area is 112 Å². The van der Waals surface area contributed by atoms with E-state index in [4.69, 9.17) is 27.7 Å². The van der Waals surface area contributed by atoms with Crippen molar-refractivity contribution in [1.29, 1.82) is 0 Å². The first-order valence-corrected chi connectivity index (χ1v) is 9.63. The van der Waals surface area contributed by atoms with Crippen LogP contribution in [0, 0.1) is 0 Å². The van der Waals surface area contributed by atoms with Gasteiger partial charge in [0.2, 0.25) is 0 Å². The SMILES string of the molecule is CS(=O)(=O)CCOP(=O)(NCCCl)NCCCl. The maximum absolute atomic E-state index is 12.1. The van der Waals surface area contributed by atoms with Crippen molar-refractivity contribution in [2.45, 2.75) is 0 Å². The van der Waals surface area contributed by atoms with Crippen LogP contribution in [0.1, 0.15) is 0 Å². The smallest absolute Gasteiger partial charge is 0.305 e. The van der Waals surface area contributed by atoms with Crippen LogP contribution >= 0.6 is 30.9 Å². The van der Waals surface area contributed by atoms with Gasteiger partial charge in [-0.15, -0.1) is 23.2 Å². The Bertz CT molecular complexity index is 340. The summed E-state index contributed by atoms with van der Waals surface area (Å²) in [6.45, 7) is 0.417. The van der Waals surface area contributed by atoms with Gasteiger partial charge in [0.25, 0.3) is 0 Å². The van der Waals surface area contributed by atoms with Gasteiger partial charge in [-0.2, -0.15) is 0 Å². The summed E-state index contributed by atoms with van der Waals surface area (Å²) in [5.41, 5.74) is 0. The second-order valence-electron chi connectivity index (χ2n) is 3.21. The van der Waals surface area contributed by atoms with Gasteiger partial charge >= 0.3 is 7.67 Å². The zero-order valence-corrected chi connectivity index (χ0v) is 12.7. The van der Waals surface area contributed by atoms with E-state index in [9.17, 15) is 13.0 Å². The fourth-order valence-corrected chi connectivity index (χ4v) is 3.26. The van der Waals surface area contributed by atoms with E-state index >= 15 is 0 Å². The number of hydrogen-bond donors (Lipinski definition) is 2. The number of rotatable bonds is 10. The van der Waals surface area contributed by atoms with Crippen LogP contribution in [0.15, 0.2) is 0 Å². The lowest BCUT2D eigenvalue weighted by Gasteiger charge is -2.19. The van der Waals surface area contributed by atoms with E-state index < -0.39 is 17.5 Å². The molecular weight excluding hydrogens is 310 g/mol. The largest absolute Gasteiger partial charge is 0.340 e. The molecule has 0 saturated carbocycles. The molecule has 0 aliphatic carbocycles. The molecule has 0 rings (SSSR count). The fourth-order valence-electron chi connectivity index (χ4n) is 0.843. The van der Waals surface area contributed by atoms with E-state index in [-0.39, 0.29) is 37.2 Å². The van der Waals surface area contributed by atoms with Crippen LogP contribution in [0.5, 0.6) is 0 Å². The highest BCUT2D eigenvalue weighted by atomic mass is 35.5. The Morgan fingerprint density at radius 2 is 1.65 bits per heavy atom. The van der Waals surface area contributed by atoms with Crippen molar-refractivity contribution in [3.05, 3.63) is 0 Å². The van der Waals surface area contributed by atoms with Crippen molar-refractivity contribution in [1.82, 2.24) is 10.2 Å². The summed E-state index contributed by atoms with van der Waals surface area (Å²) in [6, 6.07) is 0. The van der Waals surface area contributed by atoms with Crippen molar-refractivity contribution in [3.63, 3.8) is 0 Å². The topological polar surface area (TPSA) is 84.5 Å². The number of sulfone groups is 1. The molecule has 0 bridgehead atoms. The first-order valence-electron chi connectivity index (χ1n) is 4.87. The average Bonchev–Trinajstić information content (AvgIpc) is 2.22. The number of nitrogens with one attached hydrogen (secondary N) is 2. The van der Waals surface area contributed by atoms with E-state index in [0.717, 1.165) is 6.26 Å². The number of alkyl halides is 2. The molecule has 2 N–H and O–H groups in total. The summed E-state index contributed by atoms with van der Waals surface area (Å²) in [5.74, 6) is 0.339. The van der Waals surface area contributed by atoms with Crippen LogP contribution in [-0.4, -0.2) is 51.9 Å². The van der Waals surface area contributed by atoms with Gasteiger partial charge in [0, 0.05) is 31.1 Å². The van der Waals surface area contributed by atoms with Gasteiger partial charge < -0.3 is 4.52 Å². The highest BCUT2D eigenvalue weighted by Crippen LogP contribution is 2.36. The summed E-state index contributed by atoms with van der Waals surface area (Å²) >= 11 is 10.9. The molecule has 0 atom stereocenters. The first kappa shape index (κ1) is 17.6. The Morgan fingerprint density at radius 3 is 2.00 bits per heavy atom. The summed E-state index contributed by atoms with van der Waals surface area (Å²) in [4.78, 5) is 0. The fraction of sp³-hybridized carbons (Fsp3) is 1.00. The minimum Gasteiger partial charge on any atom is -0.305 e. The van der Waals surface area contributed by atoms with E-state index in [1.807, 2.05) is 0 Å². The predicted octanol–water partition coefficient (Wildman–Crippen LogP) is 0.813. The normalized spacial score (nSPS) is 12.9. The number of hydrogen-bond acceptors (Lipinski definition) is 4. The highest BCUT2D eigenvalue weighted by Gasteiger charge is 2.21. The molecule has 0 unspecified atom stereocenters. The average molecular weight is 327 g/mol. The molecule has 6 nitrogen and oxygen atoms in total. The molecule has 0 heterocycles. The second kappa shape index (κ2) is 8.69. The standard InChI is InChI=1S/C7H17Cl2N2O4PS/c1-17(13,14)7-6-15-16(12,10-4-2-8)11-5-3-9/h2-7H2,1H3,(H2,10,11,12). The van der Waals surface area contributed by atoms with Crippen molar-refractivity contribution in [3.8, 4) is 0 Å². The van der Waals surface area contributed by atoms with Gasteiger partial charge in [0.15, 0.2) is 0 Å². The lowest BCUT2D eigenvalue weighted by atomic mass is 10.8. The maximum atomic E-state index is 12.1. The third kappa shape index (κ3) is 10.3. The third-order valence-electron chi connectivity index (χ3n) is 1.56. The van der Waals surface area contributed by atoms with Crippen LogP contribution in [0.4, 0.5) is 0 Å². The monoisotopic (exact) mass is 326 g/mol. The van der Waals surface area contributed by atoms with Gasteiger partial charge in [-0.05, 0) is 0 Å². The van der Waals surface area contributed by atoms with Crippen molar-refractivity contribution in [2.24, 2.45) is 0 Å². The lowest BCUT2D eigenvalue weighted by Crippen LogP contribution is -2.28. The molecule has 0 aromatic heterocycles. The molecule has 0 aliphatic rings. The highest BCUT2D eigenvalue weighted by molar-refractivity contribution is 7.90. The van der Waals surface area contributed by atoms with Crippen LogP contribution in [-0.2, 0) is 18.9 Å². The third-order valence-corrected chi connectivity index (χ3v) is 4.67. The molecule has 0 aliphatic heterocycles. The molecule has 0 fully saturated rings. The molecule has 0 aromatic rings. The molecule has 104 valence electrons.